The monoisotopic (exact) mass is 359 g/mol. The molecule has 0 aliphatic heterocycles. The maximum atomic E-state index is 13.4. The summed E-state index contributed by atoms with van der Waals surface area (Å²) in [4.78, 5) is 0. The highest BCUT2D eigenvalue weighted by atomic mass is 19.4. The molecule has 1 heterocycles. The number of aromatic nitrogens is 1. The van der Waals surface area contributed by atoms with Gasteiger partial charge in [-0.15, -0.1) is 0 Å². The predicted molar refractivity (Wildman–Crippen MR) is 95.7 cm³/mol. The number of rotatable bonds is 6. The lowest BCUT2D eigenvalue weighted by molar-refractivity contribution is -0.137. The van der Waals surface area contributed by atoms with Crippen LogP contribution in [0, 0.1) is 6.92 Å². The van der Waals surface area contributed by atoms with Crippen molar-refractivity contribution in [2.24, 2.45) is 0 Å². The first-order chi connectivity index (χ1) is 12.5. The standard InChI is InChI=1S/C21H20F3NO/c1-16-11-12-25(13-14-26-15-17-7-3-2-4-8-17)20(16)18-9-5-6-10-19(18)21(22,23)24/h2-12H,13-15H2,1H3. The average Bonchev–Trinajstić information content (AvgIpc) is 2.99. The molecule has 3 aromatic rings. The van der Waals surface area contributed by atoms with Crippen LogP contribution in [0.25, 0.3) is 11.3 Å². The molecule has 0 aliphatic carbocycles. The van der Waals surface area contributed by atoms with E-state index in [4.69, 9.17) is 4.74 Å². The Balaban J connectivity index is 1.76. The van der Waals surface area contributed by atoms with Gasteiger partial charge in [-0.05, 0) is 30.2 Å². The lowest BCUT2D eigenvalue weighted by atomic mass is 10.0. The third-order valence-electron chi connectivity index (χ3n) is 4.24. The SMILES string of the molecule is Cc1ccn(CCOCc2ccccc2)c1-c1ccccc1C(F)(F)F. The summed E-state index contributed by atoms with van der Waals surface area (Å²) in [5.41, 5.74) is 2.05. The summed E-state index contributed by atoms with van der Waals surface area (Å²) in [6.45, 7) is 3.21. The van der Waals surface area contributed by atoms with Gasteiger partial charge >= 0.3 is 6.18 Å². The molecule has 26 heavy (non-hydrogen) atoms. The Hall–Kier alpha value is -2.53. The van der Waals surface area contributed by atoms with Crippen LogP contribution in [0.1, 0.15) is 16.7 Å². The van der Waals surface area contributed by atoms with Crippen molar-refractivity contribution >= 4 is 0 Å². The van der Waals surface area contributed by atoms with E-state index >= 15 is 0 Å². The van der Waals surface area contributed by atoms with E-state index in [2.05, 4.69) is 0 Å². The Kier molecular flexibility index (Phi) is 5.47. The molecule has 0 aliphatic rings. The Morgan fingerprint density at radius 2 is 1.62 bits per heavy atom. The van der Waals surface area contributed by atoms with Crippen molar-refractivity contribution in [3.63, 3.8) is 0 Å². The minimum atomic E-state index is -4.39. The summed E-state index contributed by atoms with van der Waals surface area (Å²) in [6.07, 6.45) is -2.58. The Morgan fingerprint density at radius 3 is 2.35 bits per heavy atom. The van der Waals surface area contributed by atoms with Crippen LogP contribution in [0.15, 0.2) is 66.9 Å². The van der Waals surface area contributed by atoms with Crippen molar-refractivity contribution in [1.82, 2.24) is 4.57 Å². The van der Waals surface area contributed by atoms with Gasteiger partial charge in [0.15, 0.2) is 0 Å². The molecule has 0 atom stereocenters. The van der Waals surface area contributed by atoms with Crippen LogP contribution in [-0.2, 0) is 24.1 Å². The van der Waals surface area contributed by atoms with Crippen molar-refractivity contribution in [2.75, 3.05) is 6.61 Å². The zero-order chi connectivity index (χ0) is 18.6. The van der Waals surface area contributed by atoms with Gasteiger partial charge in [0, 0.05) is 18.3 Å². The minimum Gasteiger partial charge on any atom is -0.375 e. The van der Waals surface area contributed by atoms with Crippen LogP contribution >= 0.6 is 0 Å². The molecule has 0 unspecified atom stereocenters. The molecule has 0 saturated heterocycles. The molecule has 1 aromatic heterocycles. The smallest absolute Gasteiger partial charge is 0.375 e. The first-order valence-electron chi connectivity index (χ1n) is 8.41. The Labute approximate surface area is 150 Å². The molecule has 0 saturated carbocycles. The molecule has 0 spiro atoms. The van der Waals surface area contributed by atoms with Crippen LogP contribution in [0.5, 0.6) is 0 Å². The molecule has 0 amide bonds. The van der Waals surface area contributed by atoms with E-state index in [-0.39, 0.29) is 5.56 Å². The molecule has 2 aromatic carbocycles. The number of benzene rings is 2. The fraction of sp³-hybridized carbons (Fsp3) is 0.238. The van der Waals surface area contributed by atoms with Gasteiger partial charge in [-0.3, -0.25) is 0 Å². The fourth-order valence-electron chi connectivity index (χ4n) is 3.00. The highest BCUT2D eigenvalue weighted by Crippen LogP contribution is 2.38. The first kappa shape index (κ1) is 18.3. The summed E-state index contributed by atoms with van der Waals surface area (Å²) in [7, 11) is 0. The molecular formula is C21H20F3NO. The van der Waals surface area contributed by atoms with Gasteiger partial charge in [0.2, 0.25) is 0 Å². The number of aryl methyl sites for hydroxylation is 1. The number of alkyl halides is 3. The maximum Gasteiger partial charge on any atom is 0.417 e. The largest absolute Gasteiger partial charge is 0.417 e. The summed E-state index contributed by atoms with van der Waals surface area (Å²) in [5.74, 6) is 0. The number of hydrogen-bond donors (Lipinski definition) is 0. The average molecular weight is 359 g/mol. The van der Waals surface area contributed by atoms with Gasteiger partial charge in [-0.2, -0.15) is 13.2 Å². The quantitative estimate of drug-likeness (QED) is 0.515. The fourth-order valence-corrected chi connectivity index (χ4v) is 3.00. The third kappa shape index (κ3) is 4.17. The van der Waals surface area contributed by atoms with Gasteiger partial charge in [0.05, 0.1) is 24.5 Å². The third-order valence-corrected chi connectivity index (χ3v) is 4.24. The molecule has 2 nitrogen and oxygen atoms in total. The highest BCUT2D eigenvalue weighted by Gasteiger charge is 2.34. The van der Waals surface area contributed by atoms with E-state index < -0.39 is 11.7 Å². The second kappa shape index (κ2) is 7.79. The Morgan fingerprint density at radius 1 is 0.923 bits per heavy atom. The zero-order valence-corrected chi connectivity index (χ0v) is 14.5. The van der Waals surface area contributed by atoms with Crippen molar-refractivity contribution in [3.05, 3.63) is 83.6 Å². The van der Waals surface area contributed by atoms with E-state index in [0.717, 1.165) is 17.2 Å². The van der Waals surface area contributed by atoms with Gasteiger partial charge in [-0.1, -0.05) is 48.5 Å². The van der Waals surface area contributed by atoms with Crippen LogP contribution in [-0.4, -0.2) is 11.2 Å². The molecule has 0 bridgehead atoms. The van der Waals surface area contributed by atoms with E-state index in [9.17, 15) is 13.2 Å². The van der Waals surface area contributed by atoms with Crippen molar-refractivity contribution in [3.8, 4) is 11.3 Å². The molecule has 3 rings (SSSR count). The second-order valence-corrected chi connectivity index (χ2v) is 6.12. The zero-order valence-electron chi connectivity index (χ0n) is 14.5. The van der Waals surface area contributed by atoms with Gasteiger partial charge in [0.25, 0.3) is 0 Å². The van der Waals surface area contributed by atoms with Gasteiger partial charge in [-0.25, -0.2) is 0 Å². The van der Waals surface area contributed by atoms with E-state index in [0.29, 0.717) is 25.5 Å². The number of halogens is 3. The molecule has 0 fully saturated rings. The first-order valence-corrected chi connectivity index (χ1v) is 8.41. The van der Waals surface area contributed by atoms with Crippen molar-refractivity contribution < 1.29 is 17.9 Å². The Bertz CT molecular complexity index is 853. The number of ether oxygens (including phenoxy) is 1. The normalized spacial score (nSPS) is 11.7. The van der Waals surface area contributed by atoms with E-state index in [1.54, 1.807) is 6.07 Å². The topological polar surface area (TPSA) is 14.2 Å². The van der Waals surface area contributed by atoms with Crippen LogP contribution in [0.4, 0.5) is 13.2 Å². The minimum absolute atomic E-state index is 0.200. The molecular weight excluding hydrogens is 339 g/mol. The van der Waals surface area contributed by atoms with Gasteiger partial charge in [0.1, 0.15) is 0 Å². The maximum absolute atomic E-state index is 13.4. The van der Waals surface area contributed by atoms with E-state index in [1.807, 2.05) is 54.1 Å². The summed E-state index contributed by atoms with van der Waals surface area (Å²) < 4.78 is 47.6. The lowest BCUT2D eigenvalue weighted by Gasteiger charge is -2.16. The van der Waals surface area contributed by atoms with Crippen LogP contribution in [0.3, 0.4) is 0 Å². The molecule has 0 N–H and O–H groups in total. The van der Waals surface area contributed by atoms with Crippen molar-refractivity contribution in [1.29, 1.82) is 0 Å². The molecule has 0 radical (unpaired) electrons. The predicted octanol–water partition coefficient (Wildman–Crippen LogP) is 5.70. The van der Waals surface area contributed by atoms with Crippen LogP contribution < -0.4 is 0 Å². The summed E-state index contributed by atoms with van der Waals surface area (Å²) >= 11 is 0. The molecule has 5 heteroatoms. The van der Waals surface area contributed by atoms with Crippen LogP contribution in [0.2, 0.25) is 0 Å². The van der Waals surface area contributed by atoms with E-state index in [1.165, 1.54) is 12.1 Å². The summed E-state index contributed by atoms with van der Waals surface area (Å²) in [6, 6.07) is 17.3. The lowest BCUT2D eigenvalue weighted by Crippen LogP contribution is -2.11. The highest BCUT2D eigenvalue weighted by molar-refractivity contribution is 5.68. The second-order valence-electron chi connectivity index (χ2n) is 6.12. The van der Waals surface area contributed by atoms with Gasteiger partial charge < -0.3 is 9.30 Å². The summed E-state index contributed by atoms with van der Waals surface area (Å²) in [5, 5.41) is 0. The molecule has 136 valence electrons. The number of nitrogens with zero attached hydrogens (tertiary/aromatic N) is 1. The number of hydrogen-bond acceptors (Lipinski definition) is 1. The van der Waals surface area contributed by atoms with Crippen molar-refractivity contribution in [2.45, 2.75) is 26.3 Å².